The summed E-state index contributed by atoms with van der Waals surface area (Å²) in [5.41, 5.74) is 3.87. The van der Waals surface area contributed by atoms with E-state index in [2.05, 4.69) is 0 Å². The first-order valence-electron chi connectivity index (χ1n) is 8.21. The smallest absolute Gasteiger partial charge is 0.340 e. The molecule has 1 unspecified atom stereocenters. The summed E-state index contributed by atoms with van der Waals surface area (Å²) in [5.74, 6) is -3.26. The second-order valence-corrected chi connectivity index (χ2v) is 7.24. The number of nitrogens with two attached hydrogens (primary N) is 1. The molecule has 1 aromatic heterocycles. The van der Waals surface area contributed by atoms with Crippen molar-refractivity contribution < 1.29 is 23.4 Å². The molecule has 7 nitrogen and oxygen atoms in total. The summed E-state index contributed by atoms with van der Waals surface area (Å²) < 4.78 is 36.0. The van der Waals surface area contributed by atoms with E-state index in [1.54, 1.807) is 0 Å². The van der Waals surface area contributed by atoms with Gasteiger partial charge in [0.25, 0.3) is 0 Å². The molecule has 1 saturated heterocycles. The lowest BCUT2D eigenvalue weighted by Gasteiger charge is -2.37. The summed E-state index contributed by atoms with van der Waals surface area (Å²) in [6.07, 6.45) is 0. The van der Waals surface area contributed by atoms with Crippen molar-refractivity contribution in [3.8, 4) is 0 Å². The van der Waals surface area contributed by atoms with E-state index in [4.69, 9.17) is 10.5 Å². The van der Waals surface area contributed by atoms with Crippen molar-refractivity contribution in [3.05, 3.63) is 32.8 Å². The molecule has 1 fully saturated rings. The fraction of sp³-hybridized carbons (Fsp3) is 0.412. The Bertz CT molecular complexity index is 964. The average molecular weight is 399 g/mol. The van der Waals surface area contributed by atoms with Crippen molar-refractivity contribution in [2.75, 3.05) is 50.2 Å². The molecule has 1 aliphatic rings. The predicted octanol–water partition coefficient (Wildman–Crippen LogP) is 1.47. The molecule has 0 amide bonds. The maximum Gasteiger partial charge on any atom is 0.340 e. The lowest BCUT2D eigenvalue weighted by Crippen LogP contribution is -2.50. The molecule has 0 saturated carbocycles. The Morgan fingerprint density at radius 3 is 2.74 bits per heavy atom. The van der Waals surface area contributed by atoms with Crippen LogP contribution in [0.3, 0.4) is 0 Å². The molecule has 2 heterocycles. The third-order valence-corrected chi connectivity index (χ3v) is 5.49. The Morgan fingerprint density at radius 2 is 2.15 bits per heavy atom. The van der Waals surface area contributed by atoms with E-state index in [1.165, 1.54) is 23.9 Å². The topological polar surface area (TPSA) is 96.1 Å². The average Bonchev–Trinajstić information content (AvgIpc) is 2.62. The Morgan fingerprint density at radius 1 is 1.44 bits per heavy atom. The summed E-state index contributed by atoms with van der Waals surface area (Å²) in [4.78, 5) is 26.8. The van der Waals surface area contributed by atoms with Crippen LogP contribution in [0.25, 0.3) is 10.1 Å². The fourth-order valence-electron chi connectivity index (χ4n) is 3.23. The molecule has 1 atom stereocenters. The van der Waals surface area contributed by atoms with E-state index >= 15 is 8.78 Å². The highest BCUT2D eigenvalue weighted by Gasteiger charge is 2.32. The van der Waals surface area contributed by atoms with Crippen LogP contribution in [0.2, 0.25) is 0 Å². The minimum atomic E-state index is -1.44. The van der Waals surface area contributed by atoms with Crippen LogP contribution < -0.4 is 21.0 Å². The van der Waals surface area contributed by atoms with Crippen LogP contribution in [-0.4, -0.2) is 57.5 Å². The molecule has 0 bridgehead atoms. The third kappa shape index (κ3) is 3.13. The van der Waals surface area contributed by atoms with E-state index in [0.717, 1.165) is 16.7 Å². The van der Waals surface area contributed by atoms with Crippen LogP contribution in [0.5, 0.6) is 0 Å². The quantitative estimate of drug-likeness (QED) is 0.804. The number of hydrogen-bond acceptors (Lipinski definition) is 7. The highest BCUT2D eigenvalue weighted by molar-refractivity contribution is 7.17. The molecule has 0 radical (unpaired) electrons. The Kier molecular flexibility index (Phi) is 5.31. The second-order valence-electron chi connectivity index (χ2n) is 6.37. The molecule has 10 heteroatoms. The standard InChI is InChI=1S/C17H19F2N3O4S/c1-21(2)13-10-15(23)9(17(24)25)7-27-16(10)12(19)14(11(13)18)22-3-4-26-6-8(22)5-20/h7-8H,3-6,20H2,1-2H3,(H,24,25). The van der Waals surface area contributed by atoms with E-state index in [0.29, 0.717) is 6.61 Å². The molecule has 1 aromatic carbocycles. The second kappa shape index (κ2) is 7.37. The maximum absolute atomic E-state index is 15.4. The number of halogens is 2. The van der Waals surface area contributed by atoms with E-state index in [1.807, 2.05) is 0 Å². The first-order chi connectivity index (χ1) is 12.8. The van der Waals surface area contributed by atoms with Gasteiger partial charge in [-0.25, -0.2) is 13.6 Å². The Labute approximate surface area is 157 Å². The number of hydrogen-bond donors (Lipinski definition) is 2. The summed E-state index contributed by atoms with van der Waals surface area (Å²) in [7, 11) is 3.02. The van der Waals surface area contributed by atoms with Gasteiger partial charge in [0.2, 0.25) is 5.43 Å². The number of aromatic carboxylic acids is 1. The number of carboxylic acids is 1. The zero-order valence-electron chi connectivity index (χ0n) is 14.8. The largest absolute Gasteiger partial charge is 0.478 e. The van der Waals surface area contributed by atoms with E-state index in [-0.39, 0.29) is 41.2 Å². The van der Waals surface area contributed by atoms with Crippen LogP contribution in [0, 0.1) is 11.6 Å². The number of fused-ring (bicyclic) bond motifs is 1. The lowest BCUT2D eigenvalue weighted by molar-refractivity contribution is 0.0696. The van der Waals surface area contributed by atoms with Crippen molar-refractivity contribution in [2.45, 2.75) is 6.04 Å². The van der Waals surface area contributed by atoms with Crippen molar-refractivity contribution in [3.63, 3.8) is 0 Å². The zero-order chi connectivity index (χ0) is 19.9. The van der Waals surface area contributed by atoms with E-state index in [9.17, 15) is 14.7 Å². The Balaban J connectivity index is 2.39. The zero-order valence-corrected chi connectivity index (χ0v) is 15.6. The van der Waals surface area contributed by atoms with Gasteiger partial charge in [-0.1, -0.05) is 0 Å². The first kappa shape index (κ1) is 19.5. The van der Waals surface area contributed by atoms with Crippen LogP contribution in [0.4, 0.5) is 20.2 Å². The molecule has 146 valence electrons. The molecule has 1 aliphatic heterocycles. The van der Waals surface area contributed by atoms with Crippen molar-refractivity contribution >= 4 is 38.8 Å². The van der Waals surface area contributed by atoms with E-state index < -0.39 is 34.6 Å². The summed E-state index contributed by atoms with van der Waals surface area (Å²) in [6.45, 7) is 0.913. The minimum absolute atomic E-state index is 0.0904. The lowest BCUT2D eigenvalue weighted by atomic mass is 10.1. The highest BCUT2D eigenvalue weighted by Crippen LogP contribution is 2.40. The third-order valence-electron chi connectivity index (χ3n) is 4.52. The van der Waals surface area contributed by atoms with Crippen LogP contribution in [0.15, 0.2) is 10.2 Å². The number of benzene rings is 1. The molecular weight excluding hydrogens is 380 g/mol. The van der Waals surface area contributed by atoms with Crippen LogP contribution in [0.1, 0.15) is 10.4 Å². The summed E-state index contributed by atoms with van der Waals surface area (Å²) >= 11 is 0.762. The van der Waals surface area contributed by atoms with Crippen LogP contribution in [-0.2, 0) is 4.74 Å². The molecule has 0 spiro atoms. The molecule has 3 rings (SSSR count). The Hall–Kier alpha value is -2.30. The van der Waals surface area contributed by atoms with Gasteiger partial charge >= 0.3 is 5.97 Å². The van der Waals surface area contributed by atoms with Gasteiger partial charge in [0.05, 0.1) is 35.0 Å². The van der Waals surface area contributed by atoms with Gasteiger partial charge in [-0.3, -0.25) is 4.79 Å². The number of morpholine rings is 1. The monoisotopic (exact) mass is 399 g/mol. The SMILES string of the molecule is CN(C)c1c(F)c(N2CCOCC2CN)c(F)c2scc(C(=O)O)c(=O)c12. The minimum Gasteiger partial charge on any atom is -0.478 e. The molecule has 2 aromatic rings. The summed E-state index contributed by atoms with van der Waals surface area (Å²) in [6, 6.07) is -0.412. The molecular formula is C17H19F2N3O4S. The van der Waals surface area contributed by atoms with Gasteiger partial charge in [-0.2, -0.15) is 0 Å². The molecule has 3 N–H and O–H groups in total. The van der Waals surface area contributed by atoms with Gasteiger partial charge in [-0.05, 0) is 0 Å². The van der Waals surface area contributed by atoms with Gasteiger partial charge < -0.3 is 25.4 Å². The first-order valence-corrected chi connectivity index (χ1v) is 9.09. The summed E-state index contributed by atoms with van der Waals surface area (Å²) in [5, 5.41) is 9.99. The number of nitrogens with zero attached hydrogens (tertiary/aromatic N) is 2. The molecule has 0 aliphatic carbocycles. The highest BCUT2D eigenvalue weighted by atomic mass is 32.1. The normalized spacial score (nSPS) is 17.4. The van der Waals surface area contributed by atoms with Crippen molar-refractivity contribution in [1.82, 2.24) is 0 Å². The number of rotatable bonds is 4. The fourth-order valence-corrected chi connectivity index (χ4v) is 4.19. The van der Waals surface area contributed by atoms with Crippen LogP contribution >= 0.6 is 11.3 Å². The van der Waals surface area contributed by atoms with Crippen molar-refractivity contribution in [1.29, 1.82) is 0 Å². The number of anilines is 2. The van der Waals surface area contributed by atoms with Gasteiger partial charge in [0.1, 0.15) is 11.3 Å². The number of carboxylic acid groups (broad SMARTS) is 1. The van der Waals surface area contributed by atoms with Gasteiger partial charge in [0.15, 0.2) is 11.6 Å². The van der Waals surface area contributed by atoms with Crippen molar-refractivity contribution in [2.24, 2.45) is 5.73 Å². The number of carbonyl (C=O) groups is 1. The maximum atomic E-state index is 15.4. The van der Waals surface area contributed by atoms with Gasteiger partial charge in [0, 0.05) is 32.6 Å². The van der Waals surface area contributed by atoms with Gasteiger partial charge in [-0.15, -0.1) is 11.3 Å². The number of ether oxygens (including phenoxy) is 1. The molecule has 27 heavy (non-hydrogen) atoms. The predicted molar refractivity (Wildman–Crippen MR) is 100 cm³/mol.